The zero-order chi connectivity index (χ0) is 16.7. The van der Waals surface area contributed by atoms with E-state index in [2.05, 4.69) is 30.9 Å². The molecule has 23 heavy (non-hydrogen) atoms. The Morgan fingerprint density at radius 1 is 1.13 bits per heavy atom. The van der Waals surface area contributed by atoms with E-state index in [-0.39, 0.29) is 0 Å². The van der Waals surface area contributed by atoms with E-state index in [0.29, 0.717) is 11.7 Å². The van der Waals surface area contributed by atoms with Crippen molar-refractivity contribution in [1.29, 1.82) is 0 Å². The Kier molecular flexibility index (Phi) is 7.33. The van der Waals surface area contributed by atoms with E-state index in [1.165, 1.54) is 16.9 Å². The largest absolute Gasteiger partial charge is 0.708 e. The van der Waals surface area contributed by atoms with Gasteiger partial charge < -0.3 is 24.3 Å². The van der Waals surface area contributed by atoms with E-state index in [1.54, 1.807) is 0 Å². The molecule has 2 N–H and O–H groups in total. The highest BCUT2D eigenvalue weighted by atomic mass is 32.1. The van der Waals surface area contributed by atoms with Gasteiger partial charge in [0, 0.05) is 11.2 Å². The normalized spacial score (nSPS) is 11.3. The molecule has 1 heterocycles. The van der Waals surface area contributed by atoms with Crippen LogP contribution in [0, 0.1) is 0 Å². The van der Waals surface area contributed by atoms with Gasteiger partial charge in [-0.2, -0.15) is 0 Å². The smallest absolute Gasteiger partial charge is 0.504 e. The lowest BCUT2D eigenvalue weighted by Crippen LogP contribution is -2.27. The van der Waals surface area contributed by atoms with Crippen molar-refractivity contribution in [1.82, 2.24) is 4.90 Å². The molecule has 2 aromatic rings. The van der Waals surface area contributed by atoms with Crippen LogP contribution in [0.15, 0.2) is 24.3 Å². The molecule has 0 unspecified atom stereocenters. The average molecular weight is 337 g/mol. The van der Waals surface area contributed by atoms with Gasteiger partial charge in [0.05, 0.1) is 13.2 Å². The van der Waals surface area contributed by atoms with Crippen molar-refractivity contribution < 1.29 is 19.4 Å². The van der Waals surface area contributed by atoms with Crippen molar-refractivity contribution in [2.75, 3.05) is 32.8 Å². The number of hydrogen-bond acceptors (Lipinski definition) is 6. The molecule has 0 saturated heterocycles. The predicted molar refractivity (Wildman–Crippen MR) is 95.0 cm³/mol. The summed E-state index contributed by atoms with van der Waals surface area (Å²) >= 11 is 1.40. The third-order valence-corrected chi connectivity index (χ3v) is 4.77. The molecule has 0 amide bonds. The molecule has 0 saturated carbocycles. The molecular weight excluding hydrogens is 313 g/mol. The van der Waals surface area contributed by atoms with Crippen molar-refractivity contribution in [2.24, 2.45) is 0 Å². The minimum atomic E-state index is -1.78. The summed E-state index contributed by atoms with van der Waals surface area (Å²) in [6, 6.07) is 8.02. The van der Waals surface area contributed by atoms with Gasteiger partial charge in [-0.15, -0.1) is 11.3 Å². The van der Waals surface area contributed by atoms with E-state index >= 15 is 0 Å². The summed E-state index contributed by atoms with van der Waals surface area (Å²) in [6.07, 6.45) is 0.864. The molecule has 1 aromatic carbocycles. The summed E-state index contributed by atoms with van der Waals surface area (Å²) in [5, 5.41) is 19.2. The molecule has 7 heteroatoms. The summed E-state index contributed by atoms with van der Waals surface area (Å²) < 4.78 is 11.7. The maximum atomic E-state index is 8.85. The second-order valence-corrected chi connectivity index (χ2v) is 6.32. The van der Waals surface area contributed by atoms with E-state index in [1.807, 2.05) is 12.1 Å². The highest BCUT2D eigenvalue weighted by Crippen LogP contribution is 2.32. The van der Waals surface area contributed by atoms with Gasteiger partial charge in [-0.1, -0.05) is 26.0 Å². The topological polar surface area (TPSA) is 62.2 Å². The summed E-state index contributed by atoms with van der Waals surface area (Å²) in [5.74, 6) is 0. The van der Waals surface area contributed by atoms with Crippen LogP contribution in [-0.4, -0.2) is 55.1 Å². The Morgan fingerprint density at radius 2 is 1.91 bits per heavy atom. The van der Waals surface area contributed by atoms with Crippen LogP contribution in [-0.2, 0) is 11.2 Å². The predicted octanol–water partition coefficient (Wildman–Crippen LogP) is 2.15. The molecule has 0 aliphatic rings. The fourth-order valence-corrected chi connectivity index (χ4v) is 3.32. The molecular formula is C16H24BNO4S. The van der Waals surface area contributed by atoms with Crippen LogP contribution in [0.1, 0.15) is 19.4 Å². The number of likely N-dealkylation sites (N-methyl/N-ethyl adjacent to an activating group) is 1. The molecule has 0 aliphatic heterocycles. The van der Waals surface area contributed by atoms with E-state index in [4.69, 9.17) is 19.4 Å². The SMILES string of the molecule is CCN(CC)CCOCCc1ccc2sc(OB(O)O)cc2c1. The highest BCUT2D eigenvalue weighted by Gasteiger charge is 2.13. The molecule has 5 nitrogen and oxygen atoms in total. The second-order valence-electron chi connectivity index (χ2n) is 5.27. The first-order chi connectivity index (χ1) is 11.1. The van der Waals surface area contributed by atoms with Gasteiger partial charge in [-0.3, -0.25) is 0 Å². The average Bonchev–Trinajstić information content (AvgIpc) is 2.91. The first-order valence-corrected chi connectivity index (χ1v) is 8.79. The summed E-state index contributed by atoms with van der Waals surface area (Å²) in [4.78, 5) is 2.34. The molecule has 0 spiro atoms. The van der Waals surface area contributed by atoms with Gasteiger partial charge in [-0.05, 0) is 42.6 Å². The minimum Gasteiger partial charge on any atom is -0.504 e. The maximum Gasteiger partial charge on any atom is 0.708 e. The number of hydrogen-bond donors (Lipinski definition) is 2. The van der Waals surface area contributed by atoms with Crippen molar-refractivity contribution in [3.63, 3.8) is 0 Å². The van der Waals surface area contributed by atoms with Crippen LogP contribution < -0.4 is 4.65 Å². The zero-order valence-corrected chi connectivity index (χ0v) is 14.5. The molecule has 2 rings (SSSR count). The van der Waals surface area contributed by atoms with Crippen LogP contribution >= 0.6 is 11.3 Å². The first-order valence-electron chi connectivity index (χ1n) is 7.97. The number of nitrogens with zero attached hydrogens (tertiary/aromatic N) is 1. The lowest BCUT2D eigenvalue weighted by molar-refractivity contribution is 0.109. The Balaban J connectivity index is 1.81. The lowest BCUT2D eigenvalue weighted by Gasteiger charge is -2.17. The number of fused-ring (bicyclic) bond motifs is 1. The molecule has 1 aromatic heterocycles. The third-order valence-electron chi connectivity index (χ3n) is 3.76. The fraction of sp³-hybridized carbons (Fsp3) is 0.500. The minimum absolute atomic E-state index is 0.502. The maximum absolute atomic E-state index is 8.85. The van der Waals surface area contributed by atoms with Crippen LogP contribution in [0.25, 0.3) is 10.1 Å². The Bertz CT molecular complexity index is 601. The number of rotatable bonds is 10. The van der Waals surface area contributed by atoms with Crippen molar-refractivity contribution in [3.05, 3.63) is 29.8 Å². The summed E-state index contributed by atoms with van der Waals surface area (Å²) in [7, 11) is -1.78. The van der Waals surface area contributed by atoms with Gasteiger partial charge in [-0.25, -0.2) is 0 Å². The number of ether oxygens (including phenoxy) is 1. The van der Waals surface area contributed by atoms with Crippen LogP contribution in [0.2, 0.25) is 0 Å². The van der Waals surface area contributed by atoms with Crippen molar-refractivity contribution >= 4 is 28.7 Å². The van der Waals surface area contributed by atoms with E-state index < -0.39 is 7.32 Å². The van der Waals surface area contributed by atoms with Gasteiger partial charge in [0.2, 0.25) is 0 Å². The van der Waals surface area contributed by atoms with Crippen LogP contribution in [0.3, 0.4) is 0 Å². The number of thiophene rings is 1. The molecule has 0 aliphatic carbocycles. The van der Waals surface area contributed by atoms with Crippen molar-refractivity contribution in [3.8, 4) is 5.06 Å². The van der Waals surface area contributed by atoms with Gasteiger partial charge >= 0.3 is 7.32 Å². The Morgan fingerprint density at radius 3 is 2.61 bits per heavy atom. The third kappa shape index (κ3) is 5.78. The molecule has 0 radical (unpaired) electrons. The van der Waals surface area contributed by atoms with Crippen molar-refractivity contribution in [2.45, 2.75) is 20.3 Å². The lowest BCUT2D eigenvalue weighted by atomic mass is 10.1. The van der Waals surface area contributed by atoms with Crippen LogP contribution in [0.4, 0.5) is 0 Å². The summed E-state index contributed by atoms with van der Waals surface area (Å²) in [6.45, 7) is 8.87. The highest BCUT2D eigenvalue weighted by molar-refractivity contribution is 7.20. The quantitative estimate of drug-likeness (QED) is 0.514. The molecule has 0 fully saturated rings. The monoisotopic (exact) mass is 337 g/mol. The van der Waals surface area contributed by atoms with E-state index in [9.17, 15) is 0 Å². The number of benzene rings is 1. The molecule has 0 atom stereocenters. The second kappa shape index (κ2) is 9.25. The van der Waals surface area contributed by atoms with Gasteiger partial charge in [0.15, 0.2) is 5.06 Å². The Labute approximate surface area is 141 Å². The van der Waals surface area contributed by atoms with Crippen LogP contribution in [0.5, 0.6) is 5.06 Å². The molecule has 0 bridgehead atoms. The Hall–Kier alpha value is -1.12. The van der Waals surface area contributed by atoms with Gasteiger partial charge in [0.1, 0.15) is 0 Å². The van der Waals surface area contributed by atoms with E-state index in [0.717, 1.165) is 42.7 Å². The van der Waals surface area contributed by atoms with Gasteiger partial charge in [0.25, 0.3) is 0 Å². The first kappa shape index (κ1) is 18.2. The zero-order valence-electron chi connectivity index (χ0n) is 13.7. The standard InChI is InChI=1S/C16H24BNO4S/c1-3-18(4-2)8-10-21-9-7-13-5-6-15-14(11-13)12-16(23-15)22-17(19)20/h5-6,11-12,19-20H,3-4,7-10H2,1-2H3. The summed E-state index contributed by atoms with van der Waals surface area (Å²) in [5.41, 5.74) is 1.20. The molecule has 126 valence electrons. The fourth-order valence-electron chi connectivity index (χ4n) is 2.41.